The molecular formula is C14H15ClN4O3. The van der Waals surface area contributed by atoms with Crippen molar-refractivity contribution in [3.8, 4) is 11.5 Å². The molecule has 0 saturated carbocycles. The number of phenolic OH excluding ortho intramolecular Hbond substituents is 1. The molecule has 0 aliphatic heterocycles. The Balaban J connectivity index is 1.99. The summed E-state index contributed by atoms with van der Waals surface area (Å²) in [6.45, 7) is 1.93. The molecule has 1 aromatic heterocycles. The van der Waals surface area contributed by atoms with E-state index in [1.54, 1.807) is 23.0 Å². The van der Waals surface area contributed by atoms with Gasteiger partial charge in [-0.05, 0) is 30.7 Å². The average molecular weight is 323 g/mol. The van der Waals surface area contributed by atoms with E-state index in [0.29, 0.717) is 5.56 Å². The molecule has 0 bridgehead atoms. The van der Waals surface area contributed by atoms with Crippen LogP contribution >= 0.6 is 11.6 Å². The first-order chi connectivity index (χ1) is 10.5. The van der Waals surface area contributed by atoms with Crippen molar-refractivity contribution in [1.29, 1.82) is 0 Å². The molecule has 0 fully saturated rings. The van der Waals surface area contributed by atoms with E-state index >= 15 is 0 Å². The molecule has 2 N–H and O–H groups in total. The molecule has 22 heavy (non-hydrogen) atoms. The number of methoxy groups -OCH3 is 1. The van der Waals surface area contributed by atoms with Gasteiger partial charge in [0.2, 0.25) is 0 Å². The highest BCUT2D eigenvalue weighted by atomic mass is 35.5. The van der Waals surface area contributed by atoms with E-state index in [9.17, 15) is 9.90 Å². The highest BCUT2D eigenvalue weighted by molar-refractivity contribution is 6.32. The van der Waals surface area contributed by atoms with Crippen LogP contribution in [-0.2, 0) is 11.3 Å². The van der Waals surface area contributed by atoms with E-state index in [-0.39, 0.29) is 29.0 Å². The molecule has 2 rings (SSSR count). The number of halogens is 1. The zero-order chi connectivity index (χ0) is 16.1. The standard InChI is InChI=1S/C14H15ClN4O3/c1-9-3-4-17-19(9)8-13(20)18-16-7-10-5-11(15)14(21)12(6-10)22-2/h3-7,21H,8H2,1-2H3,(H,18,20). The summed E-state index contributed by atoms with van der Waals surface area (Å²) in [4.78, 5) is 11.7. The van der Waals surface area contributed by atoms with Gasteiger partial charge in [0.15, 0.2) is 11.5 Å². The number of aromatic nitrogens is 2. The van der Waals surface area contributed by atoms with Gasteiger partial charge in [0.05, 0.1) is 18.3 Å². The van der Waals surface area contributed by atoms with E-state index in [1.807, 2.05) is 6.92 Å². The number of nitrogens with one attached hydrogen (secondary N) is 1. The van der Waals surface area contributed by atoms with Crippen LogP contribution in [0.25, 0.3) is 0 Å². The second-order valence-corrected chi connectivity index (χ2v) is 4.88. The summed E-state index contributed by atoms with van der Waals surface area (Å²) in [6, 6.07) is 4.86. The summed E-state index contributed by atoms with van der Waals surface area (Å²) >= 11 is 5.86. The minimum absolute atomic E-state index is 0.0792. The number of carbonyl (C=O) groups is 1. The lowest BCUT2D eigenvalue weighted by atomic mass is 10.2. The SMILES string of the molecule is COc1cc(C=NNC(=O)Cn2nccc2C)cc(Cl)c1O. The molecule has 0 radical (unpaired) electrons. The first-order valence-corrected chi connectivity index (χ1v) is 6.76. The average Bonchev–Trinajstić information content (AvgIpc) is 2.87. The van der Waals surface area contributed by atoms with Crippen LogP contribution in [0.3, 0.4) is 0 Å². The summed E-state index contributed by atoms with van der Waals surface area (Å²) in [6.07, 6.45) is 3.03. The molecule has 0 aliphatic rings. The maximum atomic E-state index is 11.7. The van der Waals surface area contributed by atoms with Crippen molar-refractivity contribution in [2.75, 3.05) is 7.11 Å². The minimum atomic E-state index is -0.306. The molecule has 0 aliphatic carbocycles. The highest BCUT2D eigenvalue weighted by Gasteiger charge is 2.08. The third-order valence-electron chi connectivity index (χ3n) is 2.90. The number of rotatable bonds is 5. The van der Waals surface area contributed by atoms with Gasteiger partial charge in [0.1, 0.15) is 6.54 Å². The van der Waals surface area contributed by atoms with Crippen LogP contribution in [0.2, 0.25) is 5.02 Å². The van der Waals surface area contributed by atoms with Gasteiger partial charge < -0.3 is 9.84 Å². The van der Waals surface area contributed by atoms with E-state index in [0.717, 1.165) is 5.69 Å². The van der Waals surface area contributed by atoms with Crippen LogP contribution < -0.4 is 10.2 Å². The van der Waals surface area contributed by atoms with Gasteiger partial charge in [0.25, 0.3) is 5.91 Å². The molecule has 8 heteroatoms. The van der Waals surface area contributed by atoms with Crippen LogP contribution in [-0.4, -0.2) is 34.1 Å². The second-order valence-electron chi connectivity index (χ2n) is 4.48. The lowest BCUT2D eigenvalue weighted by Gasteiger charge is -2.06. The number of carbonyl (C=O) groups excluding carboxylic acids is 1. The second kappa shape index (κ2) is 6.95. The first kappa shape index (κ1) is 15.8. The Hall–Kier alpha value is -2.54. The Morgan fingerprint density at radius 3 is 3.00 bits per heavy atom. The third-order valence-corrected chi connectivity index (χ3v) is 3.18. The Bertz CT molecular complexity index is 712. The number of phenols is 1. The van der Waals surface area contributed by atoms with Crippen molar-refractivity contribution < 1.29 is 14.6 Å². The van der Waals surface area contributed by atoms with Gasteiger partial charge in [-0.25, -0.2) is 5.43 Å². The fourth-order valence-corrected chi connectivity index (χ4v) is 1.96. The number of nitrogens with zero attached hydrogens (tertiary/aromatic N) is 3. The maximum absolute atomic E-state index is 11.7. The molecule has 0 saturated heterocycles. The third kappa shape index (κ3) is 3.76. The normalized spacial score (nSPS) is 10.9. The van der Waals surface area contributed by atoms with Gasteiger partial charge in [0, 0.05) is 11.9 Å². The number of aryl methyl sites for hydroxylation is 1. The smallest absolute Gasteiger partial charge is 0.261 e. The predicted molar refractivity (Wildman–Crippen MR) is 82.4 cm³/mol. The van der Waals surface area contributed by atoms with Crippen LogP contribution in [0.5, 0.6) is 11.5 Å². The monoisotopic (exact) mass is 322 g/mol. The molecule has 116 valence electrons. The molecule has 0 atom stereocenters. The number of aromatic hydroxyl groups is 1. The Morgan fingerprint density at radius 1 is 1.59 bits per heavy atom. The van der Waals surface area contributed by atoms with E-state index in [4.69, 9.17) is 16.3 Å². The van der Waals surface area contributed by atoms with Gasteiger partial charge in [-0.1, -0.05) is 11.6 Å². The summed E-state index contributed by atoms with van der Waals surface area (Å²) in [7, 11) is 1.42. The number of hydrogen-bond donors (Lipinski definition) is 2. The summed E-state index contributed by atoms with van der Waals surface area (Å²) in [5, 5.41) is 17.6. The molecular weight excluding hydrogens is 308 g/mol. The Labute approximate surface area is 132 Å². The van der Waals surface area contributed by atoms with Crippen LogP contribution in [0.15, 0.2) is 29.5 Å². The minimum Gasteiger partial charge on any atom is -0.503 e. The van der Waals surface area contributed by atoms with Crippen LogP contribution in [0, 0.1) is 6.92 Å². The fraction of sp³-hybridized carbons (Fsp3) is 0.214. The van der Waals surface area contributed by atoms with Crippen molar-refractivity contribution in [3.63, 3.8) is 0 Å². The van der Waals surface area contributed by atoms with E-state index < -0.39 is 0 Å². The summed E-state index contributed by atoms with van der Waals surface area (Å²) < 4.78 is 6.54. The van der Waals surface area contributed by atoms with E-state index in [2.05, 4.69) is 15.6 Å². The number of hydrazone groups is 1. The van der Waals surface area contributed by atoms with Crippen molar-refractivity contribution in [1.82, 2.24) is 15.2 Å². The molecule has 2 aromatic rings. The van der Waals surface area contributed by atoms with Gasteiger partial charge in [-0.3, -0.25) is 9.48 Å². The molecule has 1 aromatic carbocycles. The van der Waals surface area contributed by atoms with Crippen LogP contribution in [0.1, 0.15) is 11.3 Å². The number of hydrogen-bond acceptors (Lipinski definition) is 5. The van der Waals surface area contributed by atoms with Crippen LogP contribution in [0.4, 0.5) is 0 Å². The Morgan fingerprint density at radius 2 is 2.36 bits per heavy atom. The molecule has 0 spiro atoms. The number of amides is 1. The zero-order valence-electron chi connectivity index (χ0n) is 12.1. The van der Waals surface area contributed by atoms with Gasteiger partial charge >= 0.3 is 0 Å². The van der Waals surface area contributed by atoms with Crippen molar-refractivity contribution in [3.05, 3.63) is 40.7 Å². The van der Waals surface area contributed by atoms with Crippen molar-refractivity contribution in [2.45, 2.75) is 13.5 Å². The van der Waals surface area contributed by atoms with Crippen molar-refractivity contribution >= 4 is 23.7 Å². The lowest BCUT2D eigenvalue weighted by molar-refractivity contribution is -0.121. The summed E-state index contributed by atoms with van der Waals surface area (Å²) in [5.41, 5.74) is 3.85. The van der Waals surface area contributed by atoms with Gasteiger partial charge in [-0.15, -0.1) is 0 Å². The number of benzene rings is 1. The molecule has 1 heterocycles. The zero-order valence-corrected chi connectivity index (χ0v) is 12.8. The van der Waals surface area contributed by atoms with Crippen molar-refractivity contribution in [2.24, 2.45) is 5.10 Å². The fourth-order valence-electron chi connectivity index (χ4n) is 1.74. The number of ether oxygens (including phenoxy) is 1. The first-order valence-electron chi connectivity index (χ1n) is 6.38. The molecule has 1 amide bonds. The topological polar surface area (TPSA) is 88.7 Å². The predicted octanol–water partition coefficient (Wildman–Crippen LogP) is 1.71. The summed E-state index contributed by atoms with van der Waals surface area (Å²) in [5.74, 6) is -0.216. The molecule has 7 nitrogen and oxygen atoms in total. The molecule has 0 unspecified atom stereocenters. The lowest BCUT2D eigenvalue weighted by Crippen LogP contribution is -2.24. The quantitative estimate of drug-likeness (QED) is 0.648. The Kier molecular flexibility index (Phi) is 5.00. The largest absolute Gasteiger partial charge is 0.503 e. The maximum Gasteiger partial charge on any atom is 0.261 e. The highest BCUT2D eigenvalue weighted by Crippen LogP contribution is 2.34. The van der Waals surface area contributed by atoms with Gasteiger partial charge in [-0.2, -0.15) is 10.2 Å². The van der Waals surface area contributed by atoms with E-state index in [1.165, 1.54) is 19.4 Å².